The molecule has 0 unspecified atom stereocenters. The Morgan fingerprint density at radius 1 is 1.37 bits per heavy atom. The molecule has 0 fully saturated rings. The molecule has 0 heterocycles. The Balaban J connectivity index is 2.66. The van der Waals surface area contributed by atoms with Gasteiger partial charge in [0.2, 0.25) is 5.91 Å². The van der Waals surface area contributed by atoms with Crippen LogP contribution in [0.25, 0.3) is 0 Å². The van der Waals surface area contributed by atoms with Crippen LogP contribution in [0.5, 0.6) is 0 Å². The molecule has 0 spiro atoms. The third-order valence-electron chi connectivity index (χ3n) is 2.86. The van der Waals surface area contributed by atoms with E-state index in [9.17, 15) is 4.79 Å². The van der Waals surface area contributed by atoms with E-state index in [1.54, 1.807) is 0 Å². The van der Waals surface area contributed by atoms with E-state index < -0.39 is 0 Å². The third kappa shape index (κ3) is 5.01. The number of amides is 1. The molecule has 1 N–H and O–H groups in total. The fraction of sp³-hybridized carbons (Fsp3) is 0.467. The van der Waals surface area contributed by atoms with Crippen molar-refractivity contribution in [3.8, 4) is 6.07 Å². The van der Waals surface area contributed by atoms with E-state index in [0.717, 1.165) is 5.69 Å². The molecule has 1 aromatic rings. The minimum atomic E-state index is -0.0514. The Bertz CT molecular complexity index is 445. The van der Waals surface area contributed by atoms with E-state index in [2.05, 4.69) is 19.2 Å². The smallest absolute Gasteiger partial charge is 0.239 e. The number of hydrogen-bond acceptors (Lipinski definition) is 3. The van der Waals surface area contributed by atoms with Gasteiger partial charge in [0.15, 0.2) is 0 Å². The third-order valence-corrected chi connectivity index (χ3v) is 2.86. The van der Waals surface area contributed by atoms with Gasteiger partial charge >= 0.3 is 0 Å². The van der Waals surface area contributed by atoms with Crippen molar-refractivity contribution < 1.29 is 4.79 Å². The number of nitrogens with zero attached hydrogens (tertiary/aromatic N) is 2. The molecule has 0 aromatic heterocycles. The summed E-state index contributed by atoms with van der Waals surface area (Å²) >= 11 is 0. The maximum Gasteiger partial charge on any atom is 0.239 e. The van der Waals surface area contributed by atoms with Gasteiger partial charge < -0.3 is 10.2 Å². The number of hydrogen-bond donors (Lipinski definition) is 1. The van der Waals surface area contributed by atoms with Crippen molar-refractivity contribution in [2.75, 3.05) is 18.0 Å². The topological polar surface area (TPSA) is 56.1 Å². The zero-order chi connectivity index (χ0) is 14.3. The molecule has 0 atom stereocenters. The van der Waals surface area contributed by atoms with Gasteiger partial charge in [-0.2, -0.15) is 5.26 Å². The lowest BCUT2D eigenvalue weighted by Gasteiger charge is -2.28. The zero-order valence-corrected chi connectivity index (χ0v) is 11.8. The van der Waals surface area contributed by atoms with Crippen LogP contribution in [0.1, 0.15) is 25.8 Å². The summed E-state index contributed by atoms with van der Waals surface area (Å²) in [5.74, 6) is -0.0514. The lowest BCUT2D eigenvalue weighted by molar-refractivity contribution is -0.119. The first-order chi connectivity index (χ1) is 9.04. The number of benzene rings is 1. The first-order valence-electron chi connectivity index (χ1n) is 6.51. The van der Waals surface area contributed by atoms with E-state index in [-0.39, 0.29) is 11.9 Å². The predicted molar refractivity (Wildman–Crippen MR) is 76.9 cm³/mol. The quantitative estimate of drug-likeness (QED) is 0.797. The summed E-state index contributed by atoms with van der Waals surface area (Å²) in [6, 6.07) is 10.4. The summed E-state index contributed by atoms with van der Waals surface area (Å²) in [5, 5.41) is 11.2. The molecule has 4 nitrogen and oxygen atoms in total. The average molecular weight is 259 g/mol. The molecule has 0 saturated heterocycles. The highest BCUT2D eigenvalue weighted by Crippen LogP contribution is 2.17. The number of carbonyl (C=O) groups excluding carboxylic acids is 1. The highest BCUT2D eigenvalue weighted by molar-refractivity contribution is 5.81. The maximum absolute atomic E-state index is 11.8. The summed E-state index contributed by atoms with van der Waals surface area (Å²) in [5.41, 5.74) is 2.24. The number of aryl methyl sites for hydroxylation is 1. The molecule has 4 heteroatoms. The largest absolute Gasteiger partial charge is 0.360 e. The molecular weight excluding hydrogens is 238 g/mol. The molecule has 0 aliphatic heterocycles. The number of rotatable bonds is 6. The van der Waals surface area contributed by atoms with Crippen LogP contribution in [0.2, 0.25) is 0 Å². The van der Waals surface area contributed by atoms with Crippen LogP contribution >= 0.6 is 0 Å². The standard InChI is InChI=1S/C15H21N3O/c1-12(2)18(11-15(19)17-10-4-9-16)14-7-5-13(3)6-8-14/h5-8,12H,4,10-11H2,1-3H3,(H,17,19). The van der Waals surface area contributed by atoms with Gasteiger partial charge in [-0.25, -0.2) is 0 Å². The SMILES string of the molecule is Cc1ccc(N(CC(=O)NCCC#N)C(C)C)cc1. The van der Waals surface area contributed by atoms with Crippen LogP contribution in [0.3, 0.4) is 0 Å². The number of nitriles is 1. The summed E-state index contributed by atoms with van der Waals surface area (Å²) < 4.78 is 0. The lowest BCUT2D eigenvalue weighted by atomic mass is 10.2. The van der Waals surface area contributed by atoms with E-state index in [1.165, 1.54) is 5.56 Å². The molecule has 0 aliphatic carbocycles. The lowest BCUT2D eigenvalue weighted by Crippen LogP contribution is -2.41. The van der Waals surface area contributed by atoms with E-state index in [0.29, 0.717) is 19.5 Å². The molecule has 0 saturated carbocycles. The number of nitrogens with one attached hydrogen (secondary N) is 1. The van der Waals surface area contributed by atoms with Gasteiger partial charge in [0.1, 0.15) is 0 Å². The first-order valence-corrected chi connectivity index (χ1v) is 6.51. The number of anilines is 1. The summed E-state index contributed by atoms with van der Waals surface area (Å²) in [4.78, 5) is 13.9. The van der Waals surface area contributed by atoms with Crippen molar-refractivity contribution >= 4 is 11.6 Å². The van der Waals surface area contributed by atoms with Crippen molar-refractivity contribution in [1.29, 1.82) is 5.26 Å². The minimum absolute atomic E-state index is 0.0514. The van der Waals surface area contributed by atoms with Crippen molar-refractivity contribution in [3.63, 3.8) is 0 Å². The van der Waals surface area contributed by atoms with Gasteiger partial charge in [-0.15, -0.1) is 0 Å². The molecule has 1 amide bonds. The highest BCUT2D eigenvalue weighted by atomic mass is 16.2. The van der Waals surface area contributed by atoms with Crippen LogP contribution in [0, 0.1) is 18.3 Å². The Labute approximate surface area is 115 Å². The van der Waals surface area contributed by atoms with Gasteiger partial charge in [0.25, 0.3) is 0 Å². The second-order valence-corrected chi connectivity index (χ2v) is 4.82. The summed E-state index contributed by atoms with van der Waals surface area (Å²) in [7, 11) is 0. The Morgan fingerprint density at radius 3 is 2.53 bits per heavy atom. The minimum Gasteiger partial charge on any atom is -0.360 e. The fourth-order valence-electron chi connectivity index (χ4n) is 1.78. The van der Waals surface area contributed by atoms with Crippen LogP contribution in [0.4, 0.5) is 5.69 Å². The van der Waals surface area contributed by atoms with Crippen molar-refractivity contribution in [2.24, 2.45) is 0 Å². The van der Waals surface area contributed by atoms with E-state index in [1.807, 2.05) is 42.2 Å². The highest BCUT2D eigenvalue weighted by Gasteiger charge is 2.14. The van der Waals surface area contributed by atoms with Crippen LogP contribution in [0.15, 0.2) is 24.3 Å². The van der Waals surface area contributed by atoms with Gasteiger partial charge in [0, 0.05) is 18.3 Å². The van der Waals surface area contributed by atoms with Crippen LogP contribution < -0.4 is 10.2 Å². The predicted octanol–water partition coefficient (Wildman–Crippen LogP) is 2.24. The zero-order valence-electron chi connectivity index (χ0n) is 11.8. The van der Waals surface area contributed by atoms with Crippen molar-refractivity contribution in [2.45, 2.75) is 33.2 Å². The normalized spacial score (nSPS) is 10.1. The Morgan fingerprint density at radius 2 is 2.00 bits per heavy atom. The van der Waals surface area contributed by atoms with Crippen LogP contribution in [-0.4, -0.2) is 25.0 Å². The van der Waals surface area contributed by atoms with Gasteiger partial charge in [-0.05, 0) is 32.9 Å². The second-order valence-electron chi connectivity index (χ2n) is 4.82. The Hall–Kier alpha value is -2.02. The molecule has 0 radical (unpaired) electrons. The molecule has 0 bridgehead atoms. The molecule has 102 valence electrons. The number of carbonyl (C=O) groups is 1. The summed E-state index contributed by atoms with van der Waals surface area (Å²) in [6.45, 7) is 6.88. The van der Waals surface area contributed by atoms with Gasteiger partial charge in [-0.3, -0.25) is 4.79 Å². The van der Waals surface area contributed by atoms with Crippen molar-refractivity contribution in [1.82, 2.24) is 5.32 Å². The van der Waals surface area contributed by atoms with E-state index in [4.69, 9.17) is 5.26 Å². The average Bonchev–Trinajstić information content (AvgIpc) is 2.37. The Kier molecular flexibility index (Phi) is 5.87. The fourth-order valence-corrected chi connectivity index (χ4v) is 1.78. The van der Waals surface area contributed by atoms with Gasteiger partial charge in [0.05, 0.1) is 19.0 Å². The molecule has 1 rings (SSSR count). The maximum atomic E-state index is 11.8. The second kappa shape index (κ2) is 7.42. The molecule has 1 aromatic carbocycles. The summed E-state index contributed by atoms with van der Waals surface area (Å²) in [6.07, 6.45) is 0.345. The first kappa shape index (κ1) is 15.0. The van der Waals surface area contributed by atoms with Crippen LogP contribution in [-0.2, 0) is 4.79 Å². The van der Waals surface area contributed by atoms with Crippen molar-refractivity contribution in [3.05, 3.63) is 29.8 Å². The van der Waals surface area contributed by atoms with E-state index >= 15 is 0 Å². The molecular formula is C15H21N3O. The molecule has 19 heavy (non-hydrogen) atoms. The monoisotopic (exact) mass is 259 g/mol. The van der Waals surface area contributed by atoms with Gasteiger partial charge in [-0.1, -0.05) is 17.7 Å². The molecule has 0 aliphatic rings.